The number of aryl methyl sites for hydroxylation is 1. The number of anilines is 4. The van der Waals surface area contributed by atoms with Crippen LogP contribution in [-0.4, -0.2) is 21.7 Å². The van der Waals surface area contributed by atoms with Gasteiger partial charge in [-0.15, -0.1) is 5.10 Å². The molecule has 0 saturated heterocycles. The number of aromatic nitrogens is 3. The quantitative estimate of drug-likeness (QED) is 0.713. The van der Waals surface area contributed by atoms with Gasteiger partial charge in [-0.1, -0.05) is 51.1 Å². The van der Waals surface area contributed by atoms with Gasteiger partial charge >= 0.3 is 0 Å². The van der Waals surface area contributed by atoms with Crippen molar-refractivity contribution in [3.63, 3.8) is 0 Å². The third-order valence-electron chi connectivity index (χ3n) is 4.94. The monoisotopic (exact) mass is 359 g/mol. The first-order valence-electron chi connectivity index (χ1n) is 9.43. The molecule has 2 aromatic carbocycles. The summed E-state index contributed by atoms with van der Waals surface area (Å²) in [5.41, 5.74) is 4.96. The average molecular weight is 359 g/mol. The molecule has 1 aliphatic heterocycles. The van der Waals surface area contributed by atoms with Gasteiger partial charge < -0.3 is 10.2 Å². The summed E-state index contributed by atoms with van der Waals surface area (Å²) in [4.78, 5) is 6.93. The summed E-state index contributed by atoms with van der Waals surface area (Å²) in [5.74, 6) is 1.34. The van der Waals surface area contributed by atoms with Crippen molar-refractivity contribution in [3.05, 3.63) is 65.9 Å². The predicted molar refractivity (Wildman–Crippen MR) is 110 cm³/mol. The summed E-state index contributed by atoms with van der Waals surface area (Å²) >= 11 is 0. The van der Waals surface area contributed by atoms with E-state index < -0.39 is 0 Å². The molecular formula is C22H25N5. The molecule has 1 N–H and O–H groups in total. The molecule has 0 amide bonds. The molecule has 138 valence electrons. The fourth-order valence-electron chi connectivity index (χ4n) is 3.43. The van der Waals surface area contributed by atoms with Crippen molar-refractivity contribution >= 4 is 23.1 Å². The summed E-state index contributed by atoms with van der Waals surface area (Å²) in [6.45, 7) is 7.57. The van der Waals surface area contributed by atoms with Crippen LogP contribution in [0.25, 0.3) is 0 Å². The second kappa shape index (κ2) is 6.99. The number of nitrogens with zero attached hydrogens (tertiary/aromatic N) is 4. The fraction of sp³-hybridized carbons (Fsp3) is 0.318. The second-order valence-corrected chi connectivity index (χ2v) is 7.97. The second-order valence-electron chi connectivity index (χ2n) is 7.97. The number of para-hydroxylation sites is 1. The Balaban J connectivity index is 1.57. The zero-order chi connectivity index (χ0) is 18.9. The lowest BCUT2D eigenvalue weighted by molar-refractivity contribution is 0.590. The Kier molecular flexibility index (Phi) is 4.52. The van der Waals surface area contributed by atoms with Gasteiger partial charge in [0.15, 0.2) is 5.82 Å². The third-order valence-corrected chi connectivity index (χ3v) is 4.94. The van der Waals surface area contributed by atoms with Crippen LogP contribution >= 0.6 is 0 Å². The van der Waals surface area contributed by atoms with E-state index >= 15 is 0 Å². The van der Waals surface area contributed by atoms with Gasteiger partial charge in [-0.25, -0.2) is 0 Å². The molecule has 0 unspecified atom stereocenters. The molecule has 0 saturated carbocycles. The van der Waals surface area contributed by atoms with Crippen LogP contribution < -0.4 is 10.2 Å². The highest BCUT2D eigenvalue weighted by Gasteiger charge is 2.19. The molecule has 5 nitrogen and oxygen atoms in total. The topological polar surface area (TPSA) is 53.9 Å². The molecule has 3 aromatic rings. The van der Waals surface area contributed by atoms with Gasteiger partial charge in [0.05, 0.1) is 6.20 Å². The van der Waals surface area contributed by atoms with Gasteiger partial charge in [0.2, 0.25) is 5.95 Å². The molecule has 0 radical (unpaired) electrons. The minimum absolute atomic E-state index is 0.137. The molecule has 4 rings (SSSR count). The van der Waals surface area contributed by atoms with Gasteiger partial charge in [0.25, 0.3) is 0 Å². The summed E-state index contributed by atoms with van der Waals surface area (Å²) < 4.78 is 0. The summed E-state index contributed by atoms with van der Waals surface area (Å²) in [7, 11) is 0. The first-order valence-corrected chi connectivity index (χ1v) is 9.43. The molecule has 1 aromatic heterocycles. The number of benzene rings is 2. The average Bonchev–Trinajstić information content (AvgIpc) is 2.67. The van der Waals surface area contributed by atoms with E-state index in [0.29, 0.717) is 5.95 Å². The molecule has 0 aliphatic carbocycles. The van der Waals surface area contributed by atoms with Crippen LogP contribution in [0.15, 0.2) is 54.7 Å². The molecule has 27 heavy (non-hydrogen) atoms. The van der Waals surface area contributed by atoms with E-state index in [2.05, 4.69) is 89.7 Å². The Hall–Kier alpha value is -2.95. The van der Waals surface area contributed by atoms with Crippen molar-refractivity contribution in [1.29, 1.82) is 0 Å². The van der Waals surface area contributed by atoms with E-state index in [-0.39, 0.29) is 5.41 Å². The smallest absolute Gasteiger partial charge is 0.249 e. The SMILES string of the molecule is CC(C)(C)c1ccc(Nc2nncc(N3CCCc4ccccc43)n2)cc1. The molecule has 0 atom stereocenters. The lowest BCUT2D eigenvalue weighted by atomic mass is 9.87. The molecule has 0 spiro atoms. The maximum atomic E-state index is 4.70. The standard InChI is InChI=1S/C22H25N5/c1-22(2,3)17-10-12-18(13-11-17)24-21-25-20(15-23-26-21)27-14-6-8-16-7-4-5-9-19(16)27/h4-5,7,9-13,15H,6,8,14H2,1-3H3,(H,24,25,26). The minimum atomic E-state index is 0.137. The van der Waals surface area contributed by atoms with Crippen LogP contribution in [0.2, 0.25) is 0 Å². The largest absolute Gasteiger partial charge is 0.325 e. The van der Waals surface area contributed by atoms with Crippen molar-refractivity contribution in [3.8, 4) is 0 Å². The summed E-state index contributed by atoms with van der Waals surface area (Å²) in [5, 5.41) is 11.6. The van der Waals surface area contributed by atoms with Gasteiger partial charge in [-0.3, -0.25) is 0 Å². The van der Waals surface area contributed by atoms with Crippen molar-refractivity contribution in [2.24, 2.45) is 0 Å². The third kappa shape index (κ3) is 3.77. The normalized spacial score (nSPS) is 14.0. The summed E-state index contributed by atoms with van der Waals surface area (Å²) in [6.07, 6.45) is 3.95. The first-order chi connectivity index (χ1) is 13.0. The van der Waals surface area contributed by atoms with Crippen molar-refractivity contribution in [1.82, 2.24) is 15.2 Å². The Morgan fingerprint density at radius 1 is 1.00 bits per heavy atom. The highest BCUT2D eigenvalue weighted by Crippen LogP contribution is 2.32. The molecule has 0 bridgehead atoms. The number of rotatable bonds is 3. The van der Waals surface area contributed by atoms with Crippen LogP contribution in [0.5, 0.6) is 0 Å². The van der Waals surface area contributed by atoms with Crippen molar-refractivity contribution < 1.29 is 0 Å². The Morgan fingerprint density at radius 2 is 1.78 bits per heavy atom. The summed E-state index contributed by atoms with van der Waals surface area (Å²) in [6, 6.07) is 16.9. The van der Waals surface area contributed by atoms with E-state index in [1.165, 1.54) is 16.8 Å². The highest BCUT2D eigenvalue weighted by atomic mass is 15.3. The number of fused-ring (bicyclic) bond motifs is 1. The number of nitrogens with one attached hydrogen (secondary N) is 1. The van der Waals surface area contributed by atoms with Crippen LogP contribution in [-0.2, 0) is 11.8 Å². The lowest BCUT2D eigenvalue weighted by Crippen LogP contribution is -2.25. The zero-order valence-electron chi connectivity index (χ0n) is 16.1. The van der Waals surface area contributed by atoms with Crippen LogP contribution in [0.1, 0.15) is 38.3 Å². The van der Waals surface area contributed by atoms with E-state index in [0.717, 1.165) is 30.9 Å². The number of hydrogen-bond donors (Lipinski definition) is 1. The molecule has 1 aliphatic rings. The molecular weight excluding hydrogens is 334 g/mol. The molecule has 2 heterocycles. The van der Waals surface area contributed by atoms with Crippen LogP contribution in [0.3, 0.4) is 0 Å². The predicted octanol–water partition coefficient (Wildman–Crippen LogP) is 5.00. The highest BCUT2D eigenvalue weighted by molar-refractivity contribution is 5.66. The van der Waals surface area contributed by atoms with Crippen LogP contribution in [0.4, 0.5) is 23.1 Å². The maximum absolute atomic E-state index is 4.70. The van der Waals surface area contributed by atoms with Gasteiger partial charge in [-0.05, 0) is 47.6 Å². The first kappa shape index (κ1) is 17.5. The van der Waals surface area contributed by atoms with E-state index in [1.54, 1.807) is 6.20 Å². The number of hydrogen-bond acceptors (Lipinski definition) is 5. The Morgan fingerprint density at radius 3 is 2.56 bits per heavy atom. The Labute approximate surface area is 160 Å². The van der Waals surface area contributed by atoms with Crippen molar-refractivity contribution in [2.75, 3.05) is 16.8 Å². The Bertz CT molecular complexity index is 928. The van der Waals surface area contributed by atoms with E-state index in [1.807, 2.05) is 0 Å². The van der Waals surface area contributed by atoms with Gasteiger partial charge in [0, 0.05) is 17.9 Å². The molecule has 0 fully saturated rings. The molecule has 5 heteroatoms. The van der Waals surface area contributed by atoms with Crippen molar-refractivity contribution in [2.45, 2.75) is 39.0 Å². The van der Waals surface area contributed by atoms with E-state index in [9.17, 15) is 0 Å². The fourth-order valence-corrected chi connectivity index (χ4v) is 3.43. The van der Waals surface area contributed by atoms with Crippen LogP contribution in [0, 0.1) is 0 Å². The van der Waals surface area contributed by atoms with Gasteiger partial charge in [0.1, 0.15) is 0 Å². The lowest BCUT2D eigenvalue weighted by Gasteiger charge is -2.30. The van der Waals surface area contributed by atoms with Gasteiger partial charge in [-0.2, -0.15) is 10.1 Å². The van der Waals surface area contributed by atoms with E-state index in [4.69, 9.17) is 4.98 Å². The zero-order valence-corrected chi connectivity index (χ0v) is 16.1. The maximum Gasteiger partial charge on any atom is 0.249 e. The minimum Gasteiger partial charge on any atom is -0.325 e.